The first-order valence-electron chi connectivity index (χ1n) is 6.91. The highest BCUT2D eigenvalue weighted by Gasteiger charge is 2.13. The zero-order chi connectivity index (χ0) is 15.4. The van der Waals surface area contributed by atoms with Crippen LogP contribution in [-0.4, -0.2) is 7.11 Å². The normalized spacial score (nSPS) is 12.2. The highest BCUT2D eigenvalue weighted by molar-refractivity contribution is 5.34. The molecule has 3 N–H and O–H groups in total. The lowest BCUT2D eigenvalue weighted by molar-refractivity contribution is 0.385. The summed E-state index contributed by atoms with van der Waals surface area (Å²) in [5.41, 5.74) is 7.22. The van der Waals surface area contributed by atoms with Crippen LogP contribution in [0.5, 0.6) is 5.75 Å². The van der Waals surface area contributed by atoms with Gasteiger partial charge in [-0.25, -0.2) is 4.39 Å². The van der Waals surface area contributed by atoms with Crippen molar-refractivity contribution in [1.29, 1.82) is 0 Å². The molecule has 0 radical (unpaired) electrons. The van der Waals surface area contributed by atoms with Crippen molar-refractivity contribution in [3.8, 4) is 5.75 Å². The first-order valence-corrected chi connectivity index (χ1v) is 6.91. The van der Waals surface area contributed by atoms with Crippen LogP contribution in [0.2, 0.25) is 0 Å². The van der Waals surface area contributed by atoms with Crippen molar-refractivity contribution in [2.45, 2.75) is 26.3 Å². The van der Waals surface area contributed by atoms with Gasteiger partial charge in [-0.1, -0.05) is 24.3 Å². The van der Waals surface area contributed by atoms with E-state index in [1.807, 2.05) is 6.07 Å². The summed E-state index contributed by atoms with van der Waals surface area (Å²) in [5, 5.41) is 0. The van der Waals surface area contributed by atoms with Crippen LogP contribution >= 0.6 is 0 Å². The van der Waals surface area contributed by atoms with Crippen LogP contribution in [-0.2, 0) is 6.42 Å². The van der Waals surface area contributed by atoms with E-state index in [9.17, 15) is 4.39 Å². The Morgan fingerprint density at radius 3 is 2.48 bits per heavy atom. The molecule has 0 aliphatic heterocycles. The first-order chi connectivity index (χ1) is 10.0. The highest BCUT2D eigenvalue weighted by Crippen LogP contribution is 2.24. The fraction of sp³-hybridized carbons (Fsp3) is 0.294. The molecule has 0 heterocycles. The molecule has 1 atom stereocenters. The summed E-state index contributed by atoms with van der Waals surface area (Å²) in [6, 6.07) is 11.1. The molecule has 0 aliphatic carbocycles. The molecule has 0 fully saturated rings. The number of rotatable bonds is 5. The van der Waals surface area contributed by atoms with Crippen molar-refractivity contribution in [3.05, 3.63) is 64.5 Å². The van der Waals surface area contributed by atoms with Crippen LogP contribution in [0.25, 0.3) is 0 Å². The molecular weight excluding hydrogens is 267 g/mol. The second-order valence-electron chi connectivity index (χ2n) is 5.24. The van der Waals surface area contributed by atoms with E-state index in [0.29, 0.717) is 6.42 Å². The zero-order valence-corrected chi connectivity index (χ0v) is 12.6. The van der Waals surface area contributed by atoms with Crippen molar-refractivity contribution >= 4 is 0 Å². The van der Waals surface area contributed by atoms with E-state index in [1.165, 1.54) is 24.3 Å². The van der Waals surface area contributed by atoms with E-state index in [1.54, 1.807) is 6.07 Å². The molecule has 4 heteroatoms. The Hall–Kier alpha value is -1.91. The maximum atomic E-state index is 13.8. The van der Waals surface area contributed by atoms with Gasteiger partial charge in [-0.05, 0) is 54.7 Å². The SMILES string of the molecule is COc1ccc(C(Cc2ccc(C)c(C)c2)NN)cc1F. The number of hydrazine groups is 1. The molecule has 112 valence electrons. The molecule has 0 aromatic heterocycles. The molecule has 2 aromatic carbocycles. The van der Waals surface area contributed by atoms with Gasteiger partial charge in [0.15, 0.2) is 11.6 Å². The van der Waals surface area contributed by atoms with Crippen LogP contribution < -0.4 is 16.0 Å². The number of hydrogen-bond donors (Lipinski definition) is 2. The van der Waals surface area contributed by atoms with E-state index < -0.39 is 0 Å². The number of ether oxygens (including phenoxy) is 1. The highest BCUT2D eigenvalue weighted by atomic mass is 19.1. The zero-order valence-electron chi connectivity index (χ0n) is 12.6. The van der Waals surface area contributed by atoms with Gasteiger partial charge in [-0.3, -0.25) is 11.3 Å². The predicted octanol–water partition coefficient (Wildman–Crippen LogP) is 3.20. The fourth-order valence-corrected chi connectivity index (χ4v) is 2.34. The Morgan fingerprint density at radius 1 is 1.14 bits per heavy atom. The molecule has 2 aromatic rings. The van der Waals surface area contributed by atoms with Crippen LogP contribution in [0, 0.1) is 19.7 Å². The Balaban J connectivity index is 2.23. The third-order valence-electron chi connectivity index (χ3n) is 3.79. The number of aryl methyl sites for hydroxylation is 2. The largest absolute Gasteiger partial charge is 0.494 e. The predicted molar refractivity (Wildman–Crippen MR) is 82.6 cm³/mol. The molecule has 0 saturated carbocycles. The molecule has 0 bridgehead atoms. The van der Waals surface area contributed by atoms with Crippen LogP contribution in [0.15, 0.2) is 36.4 Å². The number of methoxy groups -OCH3 is 1. The maximum Gasteiger partial charge on any atom is 0.165 e. The van der Waals surface area contributed by atoms with Gasteiger partial charge in [0.25, 0.3) is 0 Å². The quantitative estimate of drug-likeness (QED) is 0.656. The smallest absolute Gasteiger partial charge is 0.165 e. The molecule has 0 amide bonds. The summed E-state index contributed by atoms with van der Waals surface area (Å²) < 4.78 is 18.7. The molecule has 0 saturated heterocycles. The van der Waals surface area contributed by atoms with Crippen molar-refractivity contribution in [1.82, 2.24) is 5.43 Å². The van der Waals surface area contributed by atoms with E-state index in [-0.39, 0.29) is 17.6 Å². The van der Waals surface area contributed by atoms with Crippen LogP contribution in [0.4, 0.5) is 4.39 Å². The minimum absolute atomic E-state index is 0.146. The van der Waals surface area contributed by atoms with E-state index in [4.69, 9.17) is 10.6 Å². The third kappa shape index (κ3) is 3.60. The minimum Gasteiger partial charge on any atom is -0.494 e. The first kappa shape index (κ1) is 15.5. The molecule has 3 nitrogen and oxygen atoms in total. The monoisotopic (exact) mass is 288 g/mol. The van der Waals surface area contributed by atoms with Gasteiger partial charge in [0, 0.05) is 0 Å². The molecule has 1 unspecified atom stereocenters. The fourth-order valence-electron chi connectivity index (χ4n) is 2.34. The van der Waals surface area contributed by atoms with Crippen molar-refractivity contribution in [2.75, 3.05) is 7.11 Å². The number of hydrogen-bond acceptors (Lipinski definition) is 3. The molecule has 21 heavy (non-hydrogen) atoms. The number of nitrogens with one attached hydrogen (secondary N) is 1. The second kappa shape index (κ2) is 6.70. The summed E-state index contributed by atoms with van der Waals surface area (Å²) in [7, 11) is 1.45. The number of halogens is 1. The maximum absolute atomic E-state index is 13.8. The van der Waals surface area contributed by atoms with Gasteiger partial charge in [0.1, 0.15) is 0 Å². The van der Waals surface area contributed by atoms with Crippen molar-refractivity contribution in [3.63, 3.8) is 0 Å². The molecule has 0 spiro atoms. The second-order valence-corrected chi connectivity index (χ2v) is 5.24. The minimum atomic E-state index is -0.379. The van der Waals surface area contributed by atoms with Gasteiger partial charge in [0.05, 0.1) is 13.2 Å². The van der Waals surface area contributed by atoms with Gasteiger partial charge < -0.3 is 4.74 Å². The number of nitrogens with two attached hydrogens (primary N) is 1. The number of benzene rings is 2. The summed E-state index contributed by atoms with van der Waals surface area (Å²) in [6.07, 6.45) is 0.698. The lowest BCUT2D eigenvalue weighted by Gasteiger charge is -2.18. The lowest BCUT2D eigenvalue weighted by Crippen LogP contribution is -2.29. The van der Waals surface area contributed by atoms with E-state index in [0.717, 1.165) is 11.1 Å². The summed E-state index contributed by atoms with van der Waals surface area (Å²) in [5.74, 6) is 5.49. The Labute approximate surface area is 124 Å². The van der Waals surface area contributed by atoms with Gasteiger partial charge in [-0.2, -0.15) is 0 Å². The molecule has 2 rings (SSSR count). The average molecular weight is 288 g/mol. The van der Waals surface area contributed by atoms with Gasteiger partial charge in [0.2, 0.25) is 0 Å². The summed E-state index contributed by atoms with van der Waals surface area (Å²) in [4.78, 5) is 0. The topological polar surface area (TPSA) is 47.3 Å². The summed E-state index contributed by atoms with van der Waals surface area (Å²) in [6.45, 7) is 4.16. The lowest BCUT2D eigenvalue weighted by atomic mass is 9.97. The molecule has 0 aliphatic rings. The Bertz CT molecular complexity index is 628. The van der Waals surface area contributed by atoms with Gasteiger partial charge in [-0.15, -0.1) is 0 Å². The summed E-state index contributed by atoms with van der Waals surface area (Å²) >= 11 is 0. The van der Waals surface area contributed by atoms with E-state index in [2.05, 4.69) is 37.5 Å². The average Bonchev–Trinajstić information content (AvgIpc) is 2.48. The van der Waals surface area contributed by atoms with Crippen molar-refractivity contribution in [2.24, 2.45) is 5.84 Å². The Morgan fingerprint density at radius 2 is 1.90 bits per heavy atom. The van der Waals surface area contributed by atoms with Crippen LogP contribution in [0.3, 0.4) is 0 Å². The van der Waals surface area contributed by atoms with E-state index >= 15 is 0 Å². The van der Waals surface area contributed by atoms with Gasteiger partial charge >= 0.3 is 0 Å². The van der Waals surface area contributed by atoms with Crippen LogP contribution in [0.1, 0.15) is 28.3 Å². The molecular formula is C17H21FN2O. The third-order valence-corrected chi connectivity index (χ3v) is 3.79. The standard InChI is InChI=1S/C17H21FN2O/c1-11-4-5-13(8-12(11)2)9-16(20-19)14-6-7-17(21-3)15(18)10-14/h4-8,10,16,20H,9,19H2,1-3H3. The Kier molecular flexibility index (Phi) is 4.94. The van der Waals surface area contributed by atoms with Crippen molar-refractivity contribution < 1.29 is 9.13 Å².